The van der Waals surface area contributed by atoms with Crippen LogP contribution in [0.15, 0.2) is 48.9 Å². The number of pyridine rings is 2. The molecule has 0 bridgehead atoms. The predicted octanol–water partition coefficient (Wildman–Crippen LogP) is 5.07. The summed E-state index contributed by atoms with van der Waals surface area (Å²) in [5, 5.41) is 5.89. The Bertz CT molecular complexity index is 1330. The van der Waals surface area contributed by atoms with Gasteiger partial charge in [-0.1, -0.05) is 0 Å². The molecule has 1 amide bonds. The van der Waals surface area contributed by atoms with E-state index in [1.807, 2.05) is 26.8 Å². The van der Waals surface area contributed by atoms with Gasteiger partial charge in [0.2, 0.25) is 0 Å². The minimum Gasteiger partial charge on any atom is -0.444 e. The van der Waals surface area contributed by atoms with Crippen LogP contribution in [0.4, 0.5) is 35.4 Å². The zero-order valence-electron chi connectivity index (χ0n) is 21.6. The highest BCUT2D eigenvalue weighted by molar-refractivity contribution is 5.68. The zero-order valence-corrected chi connectivity index (χ0v) is 21.6. The Balaban J connectivity index is 1.29. The number of hydrogen-bond donors (Lipinski definition) is 2. The van der Waals surface area contributed by atoms with Gasteiger partial charge in [-0.25, -0.2) is 19.7 Å². The molecule has 39 heavy (non-hydrogen) atoms. The van der Waals surface area contributed by atoms with Crippen LogP contribution in [-0.4, -0.2) is 57.1 Å². The van der Waals surface area contributed by atoms with Crippen molar-refractivity contribution in [3.8, 4) is 17.1 Å². The van der Waals surface area contributed by atoms with Crippen molar-refractivity contribution >= 4 is 23.5 Å². The fourth-order valence-electron chi connectivity index (χ4n) is 4.84. The summed E-state index contributed by atoms with van der Waals surface area (Å²) in [6, 6.07) is 7.64. The fraction of sp³-hybridized carbons (Fsp3) is 0.423. The van der Waals surface area contributed by atoms with E-state index in [1.54, 1.807) is 24.5 Å². The van der Waals surface area contributed by atoms with Gasteiger partial charge in [0.05, 0.1) is 0 Å². The summed E-state index contributed by atoms with van der Waals surface area (Å²) in [5.41, 5.74) is 0.216. The highest BCUT2D eigenvalue weighted by Gasteiger charge is 2.53. The van der Waals surface area contributed by atoms with Gasteiger partial charge >= 0.3 is 12.5 Å². The molecule has 13 heteroatoms. The molecule has 2 N–H and O–H groups in total. The number of carbonyl (C=O) groups is 1. The Labute approximate surface area is 223 Å². The van der Waals surface area contributed by atoms with Gasteiger partial charge in [-0.2, -0.15) is 0 Å². The summed E-state index contributed by atoms with van der Waals surface area (Å²) in [7, 11) is 0. The molecular weight excluding hydrogens is 515 g/mol. The summed E-state index contributed by atoms with van der Waals surface area (Å²) >= 11 is 0. The van der Waals surface area contributed by atoms with Crippen LogP contribution in [0.1, 0.15) is 33.6 Å². The van der Waals surface area contributed by atoms with E-state index in [4.69, 9.17) is 9.72 Å². The first-order valence-electron chi connectivity index (χ1n) is 12.4. The molecule has 2 fully saturated rings. The molecule has 1 saturated heterocycles. The topological polar surface area (TPSA) is 114 Å². The van der Waals surface area contributed by atoms with Gasteiger partial charge in [-0.3, -0.25) is 4.98 Å². The van der Waals surface area contributed by atoms with E-state index in [1.165, 1.54) is 6.20 Å². The fourth-order valence-corrected chi connectivity index (χ4v) is 4.84. The molecule has 0 aromatic carbocycles. The summed E-state index contributed by atoms with van der Waals surface area (Å²) in [5.74, 6) is 1.15. The van der Waals surface area contributed by atoms with Crippen LogP contribution in [0.5, 0.6) is 5.75 Å². The summed E-state index contributed by atoms with van der Waals surface area (Å²) < 4.78 is 47.3. The van der Waals surface area contributed by atoms with Crippen LogP contribution < -0.4 is 20.3 Å². The molecule has 3 aromatic rings. The highest BCUT2D eigenvalue weighted by atomic mass is 19.4. The van der Waals surface area contributed by atoms with E-state index in [0.29, 0.717) is 23.0 Å². The van der Waals surface area contributed by atoms with Crippen molar-refractivity contribution in [2.24, 2.45) is 5.41 Å². The van der Waals surface area contributed by atoms with Crippen molar-refractivity contribution in [1.82, 2.24) is 25.3 Å². The van der Waals surface area contributed by atoms with Crippen LogP contribution >= 0.6 is 0 Å². The van der Waals surface area contributed by atoms with E-state index >= 15 is 0 Å². The summed E-state index contributed by atoms with van der Waals surface area (Å²) in [6.07, 6.45) is 0.934. The molecule has 5 rings (SSSR count). The second-order valence-corrected chi connectivity index (χ2v) is 10.8. The lowest BCUT2D eigenvalue weighted by Crippen LogP contribution is -2.67. The Morgan fingerprint density at radius 2 is 1.85 bits per heavy atom. The largest absolute Gasteiger partial charge is 0.573 e. The molecule has 0 unspecified atom stereocenters. The van der Waals surface area contributed by atoms with Crippen molar-refractivity contribution in [2.75, 3.05) is 23.3 Å². The second kappa shape index (κ2) is 9.86. The van der Waals surface area contributed by atoms with E-state index in [2.05, 4.69) is 35.2 Å². The second-order valence-electron chi connectivity index (χ2n) is 10.8. The molecule has 2 aliphatic rings. The van der Waals surface area contributed by atoms with Crippen LogP contribution in [0.25, 0.3) is 11.4 Å². The van der Waals surface area contributed by atoms with E-state index < -0.39 is 23.8 Å². The Morgan fingerprint density at radius 3 is 2.51 bits per heavy atom. The molecule has 3 aromatic heterocycles. The van der Waals surface area contributed by atoms with Gasteiger partial charge in [0.15, 0.2) is 5.82 Å². The number of nitrogens with zero attached hydrogens (tertiary/aromatic N) is 5. The van der Waals surface area contributed by atoms with Crippen LogP contribution in [0.3, 0.4) is 0 Å². The third-order valence-electron chi connectivity index (χ3n) is 6.31. The summed E-state index contributed by atoms with van der Waals surface area (Å²) in [4.78, 5) is 31.6. The SMILES string of the molecule is CC(C)(C)OC(=O)NC1CC2(C1)CN(c1cc(Nc3cc(OC(F)(F)F)ccn3)nc(-c3cccnc3)n1)C2. The smallest absolute Gasteiger partial charge is 0.444 e. The van der Waals surface area contributed by atoms with Crippen LogP contribution in [0.2, 0.25) is 0 Å². The molecule has 1 spiro atoms. The monoisotopic (exact) mass is 543 g/mol. The van der Waals surface area contributed by atoms with Gasteiger partial charge in [0.1, 0.15) is 28.8 Å². The maximum Gasteiger partial charge on any atom is 0.573 e. The molecule has 1 saturated carbocycles. The number of anilines is 3. The van der Waals surface area contributed by atoms with Gasteiger partial charge < -0.3 is 25.0 Å². The van der Waals surface area contributed by atoms with Gasteiger partial charge in [-0.15, -0.1) is 13.2 Å². The van der Waals surface area contributed by atoms with Gasteiger partial charge in [-0.05, 0) is 51.8 Å². The molecule has 1 aliphatic carbocycles. The van der Waals surface area contributed by atoms with Crippen LogP contribution in [0, 0.1) is 5.41 Å². The van der Waals surface area contributed by atoms with Crippen molar-refractivity contribution in [3.63, 3.8) is 0 Å². The number of alkyl carbamates (subject to hydrolysis) is 1. The highest BCUT2D eigenvalue weighted by Crippen LogP contribution is 2.49. The number of carbonyl (C=O) groups excluding carboxylic acids is 1. The number of ether oxygens (including phenoxy) is 2. The van der Waals surface area contributed by atoms with E-state index in [-0.39, 0.29) is 17.3 Å². The Kier molecular flexibility index (Phi) is 6.69. The normalized spacial score (nSPS) is 16.7. The summed E-state index contributed by atoms with van der Waals surface area (Å²) in [6.45, 7) is 6.97. The Hall–Kier alpha value is -4.16. The van der Waals surface area contributed by atoms with E-state index in [0.717, 1.165) is 38.1 Å². The maximum absolute atomic E-state index is 12.7. The first-order valence-corrected chi connectivity index (χ1v) is 12.4. The van der Waals surface area contributed by atoms with Crippen molar-refractivity contribution in [2.45, 2.75) is 51.6 Å². The number of halogens is 3. The van der Waals surface area contributed by atoms with Crippen molar-refractivity contribution in [3.05, 3.63) is 48.9 Å². The third kappa shape index (κ3) is 6.65. The number of aromatic nitrogens is 4. The molecule has 1 aliphatic heterocycles. The predicted molar refractivity (Wildman–Crippen MR) is 137 cm³/mol. The molecule has 0 atom stereocenters. The third-order valence-corrected chi connectivity index (χ3v) is 6.31. The van der Waals surface area contributed by atoms with Crippen molar-refractivity contribution in [1.29, 1.82) is 0 Å². The van der Waals surface area contributed by atoms with Gasteiger partial charge in [0.25, 0.3) is 0 Å². The van der Waals surface area contributed by atoms with Crippen LogP contribution in [-0.2, 0) is 4.74 Å². The molecule has 10 nitrogen and oxygen atoms in total. The average molecular weight is 544 g/mol. The first kappa shape index (κ1) is 26.4. The van der Waals surface area contributed by atoms with Crippen molar-refractivity contribution < 1.29 is 27.4 Å². The number of rotatable bonds is 6. The standard InChI is InChI=1S/C26H28F3N7O3/c1-24(2,3)39-23(37)32-17-11-25(12-17)14-36(15-25)21-10-20(34-22(35-21)16-5-4-7-30-13-16)33-19-9-18(6-8-31-19)38-26(27,28)29/h4-10,13,17H,11-12,14-15H2,1-3H3,(H,32,37)(H,31,33,34,35). The number of alkyl halides is 3. The lowest BCUT2D eigenvalue weighted by atomic mass is 9.60. The molecular formula is C26H28F3N7O3. The minimum atomic E-state index is -4.81. The maximum atomic E-state index is 12.7. The molecule has 206 valence electrons. The number of amides is 1. The molecule has 0 radical (unpaired) electrons. The zero-order chi connectivity index (χ0) is 27.8. The minimum absolute atomic E-state index is 0.0628. The Morgan fingerprint density at radius 1 is 1.08 bits per heavy atom. The quantitative estimate of drug-likeness (QED) is 0.440. The average Bonchev–Trinajstić information content (AvgIpc) is 2.78. The van der Waals surface area contributed by atoms with E-state index in [9.17, 15) is 18.0 Å². The molecule has 4 heterocycles. The number of nitrogens with one attached hydrogen (secondary N) is 2. The lowest BCUT2D eigenvalue weighted by Gasteiger charge is -2.59. The van der Waals surface area contributed by atoms with Gasteiger partial charge in [0, 0.05) is 60.8 Å². The number of hydrogen-bond acceptors (Lipinski definition) is 9. The lowest BCUT2D eigenvalue weighted by molar-refractivity contribution is -0.274. The first-order chi connectivity index (χ1) is 18.3.